The molecule has 1 aromatic carbocycles. The second kappa shape index (κ2) is 8.56. The van der Waals surface area contributed by atoms with Crippen LogP contribution in [0.4, 0.5) is 0 Å². The lowest BCUT2D eigenvalue weighted by molar-refractivity contribution is 0.184. The molecule has 0 saturated heterocycles. The predicted octanol–water partition coefficient (Wildman–Crippen LogP) is 4.49. The zero-order valence-corrected chi connectivity index (χ0v) is 15.5. The van der Waals surface area contributed by atoms with E-state index in [9.17, 15) is 5.11 Å². The maximum absolute atomic E-state index is 9.38. The Balaban J connectivity index is 1.83. The molecule has 1 unspecified atom stereocenters. The SMILES string of the molecule is CC(O)CCCSc1nnc(-c2ccc(Cl)cc2)n1Cc1ccco1. The van der Waals surface area contributed by atoms with Gasteiger partial charge in [-0.05, 0) is 56.2 Å². The molecule has 3 rings (SSSR count). The summed E-state index contributed by atoms with van der Waals surface area (Å²) in [7, 11) is 0. The lowest BCUT2D eigenvalue weighted by Crippen LogP contribution is -2.04. The molecule has 3 aromatic rings. The highest BCUT2D eigenvalue weighted by molar-refractivity contribution is 7.99. The van der Waals surface area contributed by atoms with Gasteiger partial charge in [-0.2, -0.15) is 0 Å². The molecule has 2 aromatic heterocycles. The average Bonchev–Trinajstić information content (AvgIpc) is 3.23. The van der Waals surface area contributed by atoms with E-state index in [0.29, 0.717) is 11.6 Å². The first-order valence-corrected chi connectivity index (χ1v) is 9.52. The monoisotopic (exact) mass is 377 g/mol. The molecular formula is C18H20ClN3O2S. The summed E-state index contributed by atoms with van der Waals surface area (Å²) in [4.78, 5) is 0. The summed E-state index contributed by atoms with van der Waals surface area (Å²) in [6, 6.07) is 11.4. The van der Waals surface area contributed by atoms with Gasteiger partial charge >= 0.3 is 0 Å². The fraction of sp³-hybridized carbons (Fsp3) is 0.333. The third-order valence-electron chi connectivity index (χ3n) is 3.71. The fourth-order valence-electron chi connectivity index (χ4n) is 2.45. The van der Waals surface area contributed by atoms with Crippen molar-refractivity contribution in [3.8, 4) is 11.4 Å². The van der Waals surface area contributed by atoms with E-state index in [0.717, 1.165) is 40.9 Å². The van der Waals surface area contributed by atoms with Gasteiger partial charge in [0.15, 0.2) is 11.0 Å². The van der Waals surface area contributed by atoms with Crippen molar-refractivity contribution in [2.24, 2.45) is 0 Å². The van der Waals surface area contributed by atoms with Gasteiger partial charge in [0.05, 0.1) is 18.9 Å². The molecule has 0 fully saturated rings. The number of aliphatic hydroxyl groups excluding tert-OH is 1. The fourth-order valence-corrected chi connectivity index (χ4v) is 3.48. The summed E-state index contributed by atoms with van der Waals surface area (Å²) < 4.78 is 7.54. The van der Waals surface area contributed by atoms with Crippen LogP contribution in [0.15, 0.2) is 52.2 Å². The second-order valence-corrected chi connectivity index (χ2v) is 7.32. The largest absolute Gasteiger partial charge is 0.467 e. The van der Waals surface area contributed by atoms with E-state index in [-0.39, 0.29) is 6.10 Å². The first-order chi connectivity index (χ1) is 12.1. The molecule has 25 heavy (non-hydrogen) atoms. The van der Waals surface area contributed by atoms with Gasteiger partial charge in [-0.25, -0.2) is 0 Å². The topological polar surface area (TPSA) is 64.1 Å². The lowest BCUT2D eigenvalue weighted by Gasteiger charge is -2.09. The van der Waals surface area contributed by atoms with Crippen LogP contribution < -0.4 is 0 Å². The van der Waals surface area contributed by atoms with Crippen molar-refractivity contribution in [2.75, 3.05) is 5.75 Å². The Bertz CT molecular complexity index is 785. The summed E-state index contributed by atoms with van der Waals surface area (Å²) in [6.45, 7) is 2.37. The van der Waals surface area contributed by atoms with E-state index in [1.54, 1.807) is 18.0 Å². The van der Waals surface area contributed by atoms with Crippen LogP contribution in [0.1, 0.15) is 25.5 Å². The standard InChI is InChI=1S/C18H20ClN3O2S/c1-13(23)4-3-11-25-18-21-20-17(14-6-8-15(19)9-7-14)22(18)12-16-5-2-10-24-16/h2,5-10,13,23H,3-4,11-12H2,1H3. The Morgan fingerprint density at radius 2 is 2.04 bits per heavy atom. The van der Waals surface area contributed by atoms with Gasteiger partial charge in [-0.3, -0.25) is 4.57 Å². The number of aliphatic hydroxyl groups is 1. The quantitative estimate of drug-likeness (QED) is 0.462. The minimum atomic E-state index is -0.272. The Labute approximate surface area is 156 Å². The van der Waals surface area contributed by atoms with Crippen molar-refractivity contribution < 1.29 is 9.52 Å². The van der Waals surface area contributed by atoms with E-state index in [1.807, 2.05) is 43.3 Å². The molecule has 0 saturated carbocycles. The first kappa shape index (κ1) is 18.0. The predicted molar refractivity (Wildman–Crippen MR) is 99.9 cm³/mol. The van der Waals surface area contributed by atoms with Crippen LogP contribution in [0.5, 0.6) is 0 Å². The normalized spacial score (nSPS) is 12.4. The Kier molecular flexibility index (Phi) is 6.18. The van der Waals surface area contributed by atoms with Crippen molar-refractivity contribution in [3.63, 3.8) is 0 Å². The molecular weight excluding hydrogens is 358 g/mol. The van der Waals surface area contributed by atoms with E-state index in [2.05, 4.69) is 14.8 Å². The first-order valence-electron chi connectivity index (χ1n) is 8.16. The van der Waals surface area contributed by atoms with E-state index in [1.165, 1.54) is 0 Å². The van der Waals surface area contributed by atoms with E-state index in [4.69, 9.17) is 16.0 Å². The molecule has 1 N–H and O–H groups in total. The lowest BCUT2D eigenvalue weighted by atomic mass is 10.2. The van der Waals surface area contributed by atoms with Gasteiger partial charge < -0.3 is 9.52 Å². The van der Waals surface area contributed by atoms with Gasteiger partial charge in [-0.15, -0.1) is 10.2 Å². The Morgan fingerprint density at radius 3 is 2.72 bits per heavy atom. The average molecular weight is 378 g/mol. The van der Waals surface area contributed by atoms with Crippen LogP contribution in [0.3, 0.4) is 0 Å². The van der Waals surface area contributed by atoms with Crippen molar-refractivity contribution in [1.29, 1.82) is 0 Å². The summed E-state index contributed by atoms with van der Waals surface area (Å²) in [5, 5.41) is 19.6. The smallest absolute Gasteiger partial charge is 0.191 e. The third-order valence-corrected chi connectivity index (χ3v) is 5.02. The number of halogens is 1. The molecule has 7 heteroatoms. The highest BCUT2D eigenvalue weighted by Crippen LogP contribution is 2.27. The molecule has 5 nitrogen and oxygen atoms in total. The van der Waals surface area contributed by atoms with Crippen LogP contribution in [0.25, 0.3) is 11.4 Å². The maximum atomic E-state index is 9.38. The summed E-state index contributed by atoms with van der Waals surface area (Å²) in [5.74, 6) is 2.51. The highest BCUT2D eigenvalue weighted by atomic mass is 35.5. The minimum Gasteiger partial charge on any atom is -0.467 e. The second-order valence-electron chi connectivity index (χ2n) is 5.82. The molecule has 1 atom stereocenters. The van der Waals surface area contributed by atoms with Gasteiger partial charge in [0.25, 0.3) is 0 Å². The molecule has 0 spiro atoms. The number of hydrogen-bond donors (Lipinski definition) is 1. The van der Waals surface area contributed by atoms with Crippen LogP contribution >= 0.6 is 23.4 Å². The van der Waals surface area contributed by atoms with Crippen LogP contribution in [0.2, 0.25) is 5.02 Å². The van der Waals surface area contributed by atoms with Crippen molar-refractivity contribution in [1.82, 2.24) is 14.8 Å². The molecule has 0 radical (unpaired) electrons. The zero-order valence-electron chi connectivity index (χ0n) is 13.9. The summed E-state index contributed by atoms with van der Waals surface area (Å²) in [6.07, 6.45) is 3.10. The van der Waals surface area contributed by atoms with Crippen LogP contribution in [-0.4, -0.2) is 31.7 Å². The van der Waals surface area contributed by atoms with Gasteiger partial charge in [0.1, 0.15) is 5.76 Å². The zero-order chi connectivity index (χ0) is 17.6. The molecule has 0 bridgehead atoms. The minimum absolute atomic E-state index is 0.272. The number of hydrogen-bond acceptors (Lipinski definition) is 5. The highest BCUT2D eigenvalue weighted by Gasteiger charge is 2.16. The number of aromatic nitrogens is 3. The van der Waals surface area contributed by atoms with Gasteiger partial charge in [0, 0.05) is 16.3 Å². The number of benzene rings is 1. The summed E-state index contributed by atoms with van der Waals surface area (Å²) in [5.41, 5.74) is 0.958. The van der Waals surface area contributed by atoms with Gasteiger partial charge in [0.2, 0.25) is 0 Å². The van der Waals surface area contributed by atoms with E-state index < -0.39 is 0 Å². The Hall–Kier alpha value is -1.76. The molecule has 132 valence electrons. The molecule has 0 aliphatic carbocycles. The third kappa shape index (κ3) is 4.87. The molecule has 0 amide bonds. The number of furan rings is 1. The number of nitrogens with zero attached hydrogens (tertiary/aromatic N) is 3. The molecule has 2 heterocycles. The van der Waals surface area contributed by atoms with Crippen LogP contribution in [0, 0.1) is 0 Å². The van der Waals surface area contributed by atoms with Gasteiger partial charge in [-0.1, -0.05) is 23.4 Å². The van der Waals surface area contributed by atoms with Crippen molar-refractivity contribution >= 4 is 23.4 Å². The molecule has 0 aliphatic rings. The maximum Gasteiger partial charge on any atom is 0.191 e. The van der Waals surface area contributed by atoms with Crippen LogP contribution in [-0.2, 0) is 6.54 Å². The van der Waals surface area contributed by atoms with Crippen molar-refractivity contribution in [2.45, 2.75) is 37.6 Å². The number of thioether (sulfide) groups is 1. The Morgan fingerprint density at radius 1 is 1.24 bits per heavy atom. The van der Waals surface area contributed by atoms with E-state index >= 15 is 0 Å². The van der Waals surface area contributed by atoms with Crippen molar-refractivity contribution in [3.05, 3.63) is 53.4 Å². The molecule has 0 aliphatic heterocycles. The summed E-state index contributed by atoms with van der Waals surface area (Å²) >= 11 is 7.63. The number of rotatable bonds is 8.